The monoisotopic (exact) mass is 504 g/mol. The van der Waals surface area contributed by atoms with Crippen LogP contribution in [0.5, 0.6) is 0 Å². The lowest BCUT2D eigenvalue weighted by molar-refractivity contribution is 0.0170. The number of rotatable bonds is 11. The van der Waals surface area contributed by atoms with Crippen LogP contribution in [0.2, 0.25) is 0 Å². The molecule has 2 rings (SSSR count). The van der Waals surface area contributed by atoms with Crippen molar-refractivity contribution in [1.82, 2.24) is 15.5 Å². The van der Waals surface area contributed by atoms with E-state index in [0.717, 1.165) is 71.4 Å². The molecule has 0 radical (unpaired) electrons. The van der Waals surface area contributed by atoms with E-state index >= 15 is 0 Å². The number of morpholine rings is 1. The number of aliphatic imine (C=N–C) groups is 1. The zero-order chi connectivity index (χ0) is 19.2. The summed E-state index contributed by atoms with van der Waals surface area (Å²) in [4.78, 5) is 6.84. The van der Waals surface area contributed by atoms with E-state index < -0.39 is 0 Å². The van der Waals surface area contributed by atoms with Crippen LogP contribution in [-0.2, 0) is 9.47 Å². The Labute approximate surface area is 187 Å². The normalized spacial score (nSPS) is 16.3. The van der Waals surface area contributed by atoms with E-state index in [4.69, 9.17) is 9.47 Å². The summed E-state index contributed by atoms with van der Waals surface area (Å²) < 4.78 is 11.1. The average molecular weight is 504 g/mol. The zero-order valence-corrected chi connectivity index (χ0v) is 19.7. The molecule has 0 bridgehead atoms. The van der Waals surface area contributed by atoms with Gasteiger partial charge in [-0.1, -0.05) is 43.7 Å². The van der Waals surface area contributed by atoms with E-state index in [1.165, 1.54) is 12.0 Å². The molecule has 1 atom stereocenters. The van der Waals surface area contributed by atoms with Crippen LogP contribution in [0.3, 0.4) is 0 Å². The van der Waals surface area contributed by atoms with Gasteiger partial charge in [0.1, 0.15) is 0 Å². The molecular formula is C21H37IN4O2. The van der Waals surface area contributed by atoms with Gasteiger partial charge in [-0.05, 0) is 18.4 Å². The third-order valence-electron chi connectivity index (χ3n) is 4.76. The Hall–Kier alpha value is -0.900. The Morgan fingerprint density at radius 2 is 1.86 bits per heavy atom. The fourth-order valence-corrected chi connectivity index (χ4v) is 3.17. The summed E-state index contributed by atoms with van der Waals surface area (Å²) in [7, 11) is 1.82. The minimum atomic E-state index is 0. The first-order valence-electron chi connectivity index (χ1n) is 10.2. The average Bonchev–Trinajstić information content (AvgIpc) is 2.73. The predicted molar refractivity (Wildman–Crippen MR) is 127 cm³/mol. The molecule has 7 heteroatoms. The molecule has 1 fully saturated rings. The van der Waals surface area contributed by atoms with Gasteiger partial charge in [0.25, 0.3) is 0 Å². The number of guanidine groups is 1. The molecule has 0 spiro atoms. The highest BCUT2D eigenvalue weighted by molar-refractivity contribution is 14.0. The van der Waals surface area contributed by atoms with Gasteiger partial charge >= 0.3 is 0 Å². The van der Waals surface area contributed by atoms with Crippen LogP contribution in [-0.4, -0.2) is 70.5 Å². The van der Waals surface area contributed by atoms with Crippen molar-refractivity contribution in [1.29, 1.82) is 0 Å². The molecule has 1 aliphatic heterocycles. The van der Waals surface area contributed by atoms with Crippen LogP contribution in [0.15, 0.2) is 35.3 Å². The van der Waals surface area contributed by atoms with Crippen LogP contribution in [0.1, 0.15) is 37.8 Å². The van der Waals surface area contributed by atoms with Gasteiger partial charge in [-0.3, -0.25) is 9.89 Å². The summed E-state index contributed by atoms with van der Waals surface area (Å²) >= 11 is 0. The molecule has 2 N–H and O–H groups in total. The van der Waals surface area contributed by atoms with Gasteiger partial charge in [-0.15, -0.1) is 24.0 Å². The van der Waals surface area contributed by atoms with Gasteiger partial charge in [0.15, 0.2) is 5.96 Å². The van der Waals surface area contributed by atoms with Crippen molar-refractivity contribution < 1.29 is 9.47 Å². The second-order valence-corrected chi connectivity index (χ2v) is 6.77. The Kier molecular flexibility index (Phi) is 14.3. The number of nitrogens with zero attached hydrogens (tertiary/aromatic N) is 2. The molecule has 0 saturated carbocycles. The molecule has 28 heavy (non-hydrogen) atoms. The Morgan fingerprint density at radius 1 is 1.14 bits per heavy atom. The van der Waals surface area contributed by atoms with Crippen molar-refractivity contribution in [3.05, 3.63) is 35.9 Å². The number of unbranched alkanes of at least 4 members (excludes halogenated alkanes) is 1. The fourth-order valence-electron chi connectivity index (χ4n) is 3.17. The molecule has 0 amide bonds. The predicted octanol–water partition coefficient (Wildman–Crippen LogP) is 3.05. The van der Waals surface area contributed by atoms with E-state index in [1.54, 1.807) is 0 Å². The van der Waals surface area contributed by atoms with E-state index in [1.807, 2.05) is 7.05 Å². The molecular weight excluding hydrogens is 467 g/mol. The van der Waals surface area contributed by atoms with Gasteiger partial charge in [0, 0.05) is 46.4 Å². The zero-order valence-electron chi connectivity index (χ0n) is 17.4. The second kappa shape index (κ2) is 16.0. The second-order valence-electron chi connectivity index (χ2n) is 6.77. The molecule has 160 valence electrons. The first-order chi connectivity index (χ1) is 13.3. The van der Waals surface area contributed by atoms with Crippen molar-refractivity contribution in [3.8, 4) is 0 Å². The molecule has 0 aliphatic carbocycles. The molecule has 6 nitrogen and oxygen atoms in total. The minimum absolute atomic E-state index is 0. The summed E-state index contributed by atoms with van der Waals surface area (Å²) in [5.41, 5.74) is 1.33. The van der Waals surface area contributed by atoms with Crippen molar-refractivity contribution in [2.75, 3.05) is 59.7 Å². The van der Waals surface area contributed by atoms with Crippen LogP contribution in [0, 0.1) is 0 Å². The number of ether oxygens (including phenoxy) is 2. The molecule has 1 saturated heterocycles. The van der Waals surface area contributed by atoms with Crippen LogP contribution < -0.4 is 10.6 Å². The highest BCUT2D eigenvalue weighted by atomic mass is 127. The Bertz CT molecular complexity index is 524. The topological polar surface area (TPSA) is 58.1 Å². The maximum atomic E-state index is 5.61. The maximum Gasteiger partial charge on any atom is 0.191 e. The van der Waals surface area contributed by atoms with E-state index in [0.29, 0.717) is 6.04 Å². The SMILES string of the molecule is CCCCOCCCNC(=NC)NCC(c1ccccc1)N1CCOCC1.I. The number of halogens is 1. The number of hydrogen-bond acceptors (Lipinski definition) is 4. The van der Waals surface area contributed by atoms with Gasteiger partial charge in [-0.25, -0.2) is 0 Å². The van der Waals surface area contributed by atoms with Gasteiger partial charge < -0.3 is 20.1 Å². The summed E-state index contributed by atoms with van der Waals surface area (Å²) in [6.07, 6.45) is 3.30. The lowest BCUT2D eigenvalue weighted by atomic mass is 10.0. The Morgan fingerprint density at radius 3 is 2.54 bits per heavy atom. The van der Waals surface area contributed by atoms with Crippen LogP contribution in [0.25, 0.3) is 0 Å². The standard InChI is InChI=1S/C21H36N4O2.HI/c1-3-4-14-26-15-8-11-23-21(22-2)24-18-20(19-9-6-5-7-10-19)25-12-16-27-17-13-25;/h5-7,9-10,20H,3-4,8,11-18H2,1-2H3,(H2,22,23,24);1H. The largest absolute Gasteiger partial charge is 0.381 e. The maximum absolute atomic E-state index is 5.61. The number of hydrogen-bond donors (Lipinski definition) is 2. The molecule has 1 aromatic carbocycles. The molecule has 1 aliphatic rings. The smallest absolute Gasteiger partial charge is 0.191 e. The van der Waals surface area contributed by atoms with Crippen molar-refractivity contribution in [2.45, 2.75) is 32.2 Å². The molecule has 1 aromatic rings. The van der Waals surface area contributed by atoms with Gasteiger partial charge in [0.05, 0.1) is 19.3 Å². The third kappa shape index (κ3) is 9.54. The van der Waals surface area contributed by atoms with Crippen molar-refractivity contribution >= 4 is 29.9 Å². The summed E-state index contributed by atoms with van der Waals surface area (Å²) in [5.74, 6) is 0.845. The van der Waals surface area contributed by atoms with E-state index in [-0.39, 0.29) is 24.0 Å². The van der Waals surface area contributed by atoms with Crippen LogP contribution >= 0.6 is 24.0 Å². The minimum Gasteiger partial charge on any atom is -0.381 e. The number of benzene rings is 1. The highest BCUT2D eigenvalue weighted by Gasteiger charge is 2.22. The van der Waals surface area contributed by atoms with Gasteiger partial charge in [0.2, 0.25) is 0 Å². The molecule has 1 heterocycles. The number of nitrogens with one attached hydrogen (secondary N) is 2. The first kappa shape index (κ1) is 25.1. The summed E-state index contributed by atoms with van der Waals surface area (Å²) in [5, 5.41) is 6.88. The van der Waals surface area contributed by atoms with Crippen LogP contribution in [0.4, 0.5) is 0 Å². The quantitative estimate of drug-likeness (QED) is 0.210. The van der Waals surface area contributed by atoms with E-state index in [2.05, 4.69) is 57.8 Å². The lowest BCUT2D eigenvalue weighted by Gasteiger charge is -2.35. The molecule has 1 unspecified atom stereocenters. The molecule has 0 aromatic heterocycles. The Balaban J connectivity index is 0.00000392. The highest BCUT2D eigenvalue weighted by Crippen LogP contribution is 2.20. The van der Waals surface area contributed by atoms with Crippen molar-refractivity contribution in [3.63, 3.8) is 0 Å². The first-order valence-corrected chi connectivity index (χ1v) is 10.2. The third-order valence-corrected chi connectivity index (χ3v) is 4.76. The van der Waals surface area contributed by atoms with Gasteiger partial charge in [-0.2, -0.15) is 0 Å². The van der Waals surface area contributed by atoms with E-state index in [9.17, 15) is 0 Å². The lowest BCUT2D eigenvalue weighted by Crippen LogP contribution is -2.46. The summed E-state index contributed by atoms with van der Waals surface area (Å²) in [6.45, 7) is 9.04. The summed E-state index contributed by atoms with van der Waals surface area (Å²) in [6, 6.07) is 11.0. The van der Waals surface area contributed by atoms with Crippen molar-refractivity contribution in [2.24, 2.45) is 4.99 Å². The fraction of sp³-hybridized carbons (Fsp3) is 0.667.